The van der Waals surface area contributed by atoms with Gasteiger partial charge >= 0.3 is 0 Å². The maximum atomic E-state index is 10.4. The van der Waals surface area contributed by atoms with E-state index in [4.69, 9.17) is 0 Å². The monoisotopic (exact) mass is 286 g/mol. The number of piperidine rings is 1. The molecule has 2 fully saturated rings. The van der Waals surface area contributed by atoms with Crippen molar-refractivity contribution in [3.05, 3.63) is 18.6 Å². The Morgan fingerprint density at radius 2 is 2.14 bits per heavy atom. The lowest BCUT2D eigenvalue weighted by atomic mass is 9.76. The van der Waals surface area contributed by atoms with Crippen LogP contribution in [-0.4, -0.2) is 38.8 Å². The molecule has 4 rings (SSSR count). The van der Waals surface area contributed by atoms with Crippen molar-refractivity contribution >= 4 is 16.9 Å². The van der Waals surface area contributed by atoms with Gasteiger partial charge in [0, 0.05) is 31.7 Å². The minimum atomic E-state index is -0.145. The topological polar surface area (TPSA) is 54.2 Å². The Bertz CT molecular complexity index is 667. The molecule has 5 heteroatoms. The molecule has 2 atom stereocenters. The van der Waals surface area contributed by atoms with Gasteiger partial charge in [0.2, 0.25) is 0 Å². The Morgan fingerprint density at radius 3 is 2.95 bits per heavy atom. The highest BCUT2D eigenvalue weighted by Gasteiger charge is 2.45. The number of aryl methyl sites for hydroxylation is 1. The Labute approximate surface area is 124 Å². The van der Waals surface area contributed by atoms with E-state index in [1.165, 1.54) is 0 Å². The van der Waals surface area contributed by atoms with Crippen LogP contribution in [0.15, 0.2) is 18.6 Å². The number of aromatic nitrogens is 3. The fraction of sp³-hybridized carbons (Fsp3) is 0.625. The van der Waals surface area contributed by atoms with Gasteiger partial charge in [-0.25, -0.2) is 9.97 Å². The van der Waals surface area contributed by atoms with Gasteiger partial charge in [0.25, 0.3) is 0 Å². The molecule has 0 radical (unpaired) electrons. The Kier molecular flexibility index (Phi) is 2.92. The number of hydrogen-bond donors (Lipinski definition) is 1. The first-order valence-electron chi connectivity index (χ1n) is 7.89. The summed E-state index contributed by atoms with van der Waals surface area (Å²) in [5.41, 5.74) is 1.07. The number of aliphatic hydroxyl groups is 1. The van der Waals surface area contributed by atoms with Crippen molar-refractivity contribution in [3.63, 3.8) is 0 Å². The van der Waals surface area contributed by atoms with E-state index in [1.54, 1.807) is 6.33 Å². The van der Waals surface area contributed by atoms with E-state index in [1.807, 2.05) is 17.8 Å². The van der Waals surface area contributed by atoms with Crippen molar-refractivity contribution < 1.29 is 5.11 Å². The first kappa shape index (κ1) is 13.1. The molecule has 1 saturated carbocycles. The van der Waals surface area contributed by atoms with Gasteiger partial charge in [-0.2, -0.15) is 0 Å². The Balaban J connectivity index is 1.72. The first-order valence-corrected chi connectivity index (χ1v) is 7.89. The zero-order valence-electron chi connectivity index (χ0n) is 12.5. The Morgan fingerprint density at radius 1 is 1.29 bits per heavy atom. The van der Waals surface area contributed by atoms with E-state index in [9.17, 15) is 5.11 Å². The minimum Gasteiger partial charge on any atom is -0.392 e. The highest BCUT2D eigenvalue weighted by Crippen LogP contribution is 2.46. The SMILES string of the molecule is Cn1ccc2c(N3CCC[C@]4(CCC[C@H]4O)C3)ncnc21. The third-order valence-corrected chi connectivity index (χ3v) is 5.41. The molecule has 0 unspecified atom stereocenters. The van der Waals surface area contributed by atoms with Crippen LogP contribution in [0.3, 0.4) is 0 Å². The number of aliphatic hydroxyl groups excluding tert-OH is 1. The van der Waals surface area contributed by atoms with Crippen molar-refractivity contribution in [2.75, 3.05) is 18.0 Å². The fourth-order valence-electron chi connectivity index (χ4n) is 4.25. The van der Waals surface area contributed by atoms with Crippen LogP contribution >= 0.6 is 0 Å². The van der Waals surface area contributed by atoms with E-state index in [2.05, 4.69) is 20.9 Å². The molecule has 1 aliphatic heterocycles. The third-order valence-electron chi connectivity index (χ3n) is 5.41. The van der Waals surface area contributed by atoms with E-state index in [0.717, 1.165) is 62.0 Å². The van der Waals surface area contributed by atoms with E-state index >= 15 is 0 Å². The molecule has 0 aromatic carbocycles. The zero-order chi connectivity index (χ0) is 14.4. The van der Waals surface area contributed by atoms with E-state index in [0.29, 0.717) is 0 Å². The zero-order valence-corrected chi connectivity index (χ0v) is 12.5. The normalized spacial score (nSPS) is 29.6. The standard InChI is InChI=1S/C16H22N4O/c1-19-9-5-12-14(19)17-11-18-15(12)20-8-3-7-16(10-20)6-2-4-13(16)21/h5,9,11,13,21H,2-4,6-8,10H2,1H3/t13-,16-/m1/s1. The molecule has 21 heavy (non-hydrogen) atoms. The van der Waals surface area contributed by atoms with Crippen LogP contribution < -0.4 is 4.90 Å². The van der Waals surface area contributed by atoms with Crippen LogP contribution in [0.4, 0.5) is 5.82 Å². The molecular formula is C16H22N4O. The molecule has 112 valence electrons. The average molecular weight is 286 g/mol. The molecule has 2 aromatic rings. The molecule has 1 spiro atoms. The summed E-state index contributed by atoms with van der Waals surface area (Å²) in [7, 11) is 2.01. The quantitative estimate of drug-likeness (QED) is 0.872. The van der Waals surface area contributed by atoms with Crippen LogP contribution in [0, 0.1) is 5.41 Å². The second-order valence-electron chi connectivity index (χ2n) is 6.66. The average Bonchev–Trinajstić information content (AvgIpc) is 3.04. The molecule has 1 saturated heterocycles. The number of rotatable bonds is 1. The van der Waals surface area contributed by atoms with Gasteiger partial charge < -0.3 is 14.6 Å². The van der Waals surface area contributed by atoms with Gasteiger partial charge in [-0.15, -0.1) is 0 Å². The maximum Gasteiger partial charge on any atom is 0.145 e. The van der Waals surface area contributed by atoms with Crippen molar-refractivity contribution in [3.8, 4) is 0 Å². The molecule has 2 aromatic heterocycles. The van der Waals surface area contributed by atoms with Crippen molar-refractivity contribution in [2.45, 2.75) is 38.2 Å². The molecule has 1 N–H and O–H groups in total. The van der Waals surface area contributed by atoms with Crippen molar-refractivity contribution in [2.24, 2.45) is 12.5 Å². The second kappa shape index (κ2) is 4.70. The van der Waals surface area contributed by atoms with Crippen LogP contribution in [0.5, 0.6) is 0 Å². The predicted molar refractivity (Wildman–Crippen MR) is 82.2 cm³/mol. The molecule has 2 aliphatic rings. The van der Waals surface area contributed by atoms with E-state index < -0.39 is 0 Å². The molecular weight excluding hydrogens is 264 g/mol. The minimum absolute atomic E-state index is 0.0876. The first-order chi connectivity index (χ1) is 10.2. The maximum absolute atomic E-state index is 10.4. The lowest BCUT2D eigenvalue weighted by molar-refractivity contribution is 0.0408. The van der Waals surface area contributed by atoms with Gasteiger partial charge in [0.15, 0.2) is 0 Å². The number of hydrogen-bond acceptors (Lipinski definition) is 4. The number of anilines is 1. The van der Waals surface area contributed by atoms with Gasteiger partial charge in [0.05, 0.1) is 11.5 Å². The van der Waals surface area contributed by atoms with Crippen LogP contribution in [0.2, 0.25) is 0 Å². The van der Waals surface area contributed by atoms with E-state index in [-0.39, 0.29) is 11.5 Å². The summed E-state index contributed by atoms with van der Waals surface area (Å²) in [5.74, 6) is 1.03. The van der Waals surface area contributed by atoms with Crippen molar-refractivity contribution in [1.29, 1.82) is 0 Å². The van der Waals surface area contributed by atoms with Gasteiger partial charge in [-0.3, -0.25) is 0 Å². The summed E-state index contributed by atoms with van der Waals surface area (Å²) in [6, 6.07) is 2.09. The summed E-state index contributed by atoms with van der Waals surface area (Å²) < 4.78 is 2.03. The lowest BCUT2D eigenvalue weighted by Crippen LogP contribution is -2.47. The molecule has 0 amide bonds. The van der Waals surface area contributed by atoms with Gasteiger partial charge in [0.1, 0.15) is 17.8 Å². The van der Waals surface area contributed by atoms with Crippen LogP contribution in [-0.2, 0) is 7.05 Å². The van der Waals surface area contributed by atoms with Crippen LogP contribution in [0.25, 0.3) is 11.0 Å². The highest BCUT2D eigenvalue weighted by molar-refractivity contribution is 5.87. The summed E-state index contributed by atoms with van der Waals surface area (Å²) in [5, 5.41) is 11.5. The third kappa shape index (κ3) is 1.94. The molecule has 0 bridgehead atoms. The van der Waals surface area contributed by atoms with Gasteiger partial charge in [-0.1, -0.05) is 6.42 Å². The number of fused-ring (bicyclic) bond motifs is 1. The summed E-state index contributed by atoms with van der Waals surface area (Å²) in [4.78, 5) is 11.3. The van der Waals surface area contributed by atoms with Crippen LogP contribution in [0.1, 0.15) is 32.1 Å². The molecule has 1 aliphatic carbocycles. The van der Waals surface area contributed by atoms with Crippen molar-refractivity contribution in [1.82, 2.24) is 14.5 Å². The fourth-order valence-corrected chi connectivity index (χ4v) is 4.25. The Hall–Kier alpha value is -1.62. The second-order valence-corrected chi connectivity index (χ2v) is 6.66. The molecule has 3 heterocycles. The summed E-state index contributed by atoms with van der Waals surface area (Å²) >= 11 is 0. The predicted octanol–water partition coefficient (Wildman–Crippen LogP) is 2.10. The lowest BCUT2D eigenvalue weighted by Gasteiger charge is -2.43. The number of nitrogens with zero attached hydrogens (tertiary/aromatic N) is 4. The summed E-state index contributed by atoms with van der Waals surface area (Å²) in [6.07, 6.45) is 9.08. The largest absolute Gasteiger partial charge is 0.392 e. The smallest absolute Gasteiger partial charge is 0.145 e. The summed E-state index contributed by atoms with van der Waals surface area (Å²) in [6.45, 7) is 1.95. The molecule has 5 nitrogen and oxygen atoms in total. The highest BCUT2D eigenvalue weighted by atomic mass is 16.3. The van der Waals surface area contributed by atoms with Gasteiger partial charge in [-0.05, 0) is 31.7 Å².